The van der Waals surface area contributed by atoms with Crippen molar-refractivity contribution in [3.63, 3.8) is 0 Å². The summed E-state index contributed by atoms with van der Waals surface area (Å²) in [5, 5.41) is 15.1. The van der Waals surface area contributed by atoms with E-state index in [-0.39, 0.29) is 5.56 Å². The molecule has 1 fully saturated rings. The zero-order valence-electron chi connectivity index (χ0n) is 14.5. The van der Waals surface area contributed by atoms with E-state index < -0.39 is 34.8 Å². The van der Waals surface area contributed by atoms with Gasteiger partial charge in [0.15, 0.2) is 10.9 Å². The Morgan fingerprint density at radius 2 is 1.71 bits per heavy atom. The maximum atomic E-state index is 13.9. The number of rotatable bonds is 3. The van der Waals surface area contributed by atoms with Gasteiger partial charge >= 0.3 is 6.18 Å². The molecule has 0 bridgehead atoms. The van der Waals surface area contributed by atoms with Crippen molar-refractivity contribution in [3.05, 3.63) is 70.2 Å². The quantitative estimate of drug-likeness (QED) is 0.511. The maximum absolute atomic E-state index is 13.9. The zero-order valence-corrected chi connectivity index (χ0v) is 16.1. The number of halogens is 4. The van der Waals surface area contributed by atoms with E-state index in [1.807, 2.05) is 5.32 Å². The molecule has 1 saturated heterocycles. The smallest absolute Gasteiger partial charge is 0.363 e. The van der Waals surface area contributed by atoms with Gasteiger partial charge in [-0.25, -0.2) is 0 Å². The Balaban J connectivity index is 2.15. The molecular weight excluding hydrogens is 413 g/mol. The number of Topliss-reactive ketones (excluding diaryl/α,β-unsaturated/α-hetero) is 1. The van der Waals surface area contributed by atoms with Gasteiger partial charge in [0.25, 0.3) is 0 Å². The van der Waals surface area contributed by atoms with Crippen LogP contribution >= 0.6 is 23.8 Å². The maximum Gasteiger partial charge on any atom is 0.437 e. The van der Waals surface area contributed by atoms with Gasteiger partial charge in [-0.1, -0.05) is 53.6 Å². The molecule has 28 heavy (non-hydrogen) atoms. The van der Waals surface area contributed by atoms with E-state index in [0.29, 0.717) is 10.6 Å². The van der Waals surface area contributed by atoms with Crippen LogP contribution in [0, 0.1) is 12.8 Å². The van der Waals surface area contributed by atoms with Gasteiger partial charge in [-0.15, -0.1) is 0 Å². The normalized spacial score (nSPS) is 25.0. The topological polar surface area (TPSA) is 61.4 Å². The lowest BCUT2D eigenvalue weighted by Gasteiger charge is -2.46. The summed E-state index contributed by atoms with van der Waals surface area (Å²) < 4.78 is 41.6. The van der Waals surface area contributed by atoms with Gasteiger partial charge in [0.2, 0.25) is 5.72 Å². The first-order valence-electron chi connectivity index (χ1n) is 8.27. The van der Waals surface area contributed by atoms with Crippen LogP contribution in [0.2, 0.25) is 5.02 Å². The number of thiocarbonyl (C=S) groups is 1. The highest BCUT2D eigenvalue weighted by molar-refractivity contribution is 7.80. The number of hydrogen-bond donors (Lipinski definition) is 3. The van der Waals surface area contributed by atoms with Gasteiger partial charge in [-0.05, 0) is 36.8 Å². The fourth-order valence-electron chi connectivity index (χ4n) is 3.18. The molecule has 0 aliphatic carbocycles. The third-order valence-corrected chi connectivity index (χ3v) is 5.13. The van der Waals surface area contributed by atoms with Gasteiger partial charge in [-0.3, -0.25) is 4.79 Å². The number of carbonyl (C=O) groups is 1. The number of aryl methyl sites for hydroxylation is 1. The summed E-state index contributed by atoms with van der Waals surface area (Å²) in [6.45, 7) is 1.79. The minimum absolute atomic E-state index is 0.0497. The second-order valence-electron chi connectivity index (χ2n) is 6.60. The van der Waals surface area contributed by atoms with E-state index in [1.165, 1.54) is 36.4 Å². The van der Waals surface area contributed by atoms with E-state index >= 15 is 0 Å². The molecule has 3 atom stereocenters. The Morgan fingerprint density at radius 1 is 1.14 bits per heavy atom. The summed E-state index contributed by atoms with van der Waals surface area (Å²) in [6, 6.07) is 10.8. The number of nitrogens with one attached hydrogen (secondary N) is 2. The first-order chi connectivity index (χ1) is 13.0. The van der Waals surface area contributed by atoms with Crippen molar-refractivity contribution in [2.24, 2.45) is 5.92 Å². The van der Waals surface area contributed by atoms with Crippen LogP contribution in [-0.4, -0.2) is 27.9 Å². The van der Waals surface area contributed by atoms with Crippen molar-refractivity contribution in [3.8, 4) is 0 Å². The van der Waals surface area contributed by atoms with Crippen molar-refractivity contribution < 1.29 is 23.1 Å². The molecule has 0 amide bonds. The molecule has 0 aromatic heterocycles. The molecule has 1 aliphatic rings. The van der Waals surface area contributed by atoms with E-state index in [9.17, 15) is 23.1 Å². The number of hydrogen-bond acceptors (Lipinski definition) is 3. The summed E-state index contributed by atoms with van der Waals surface area (Å²) in [5.74, 6) is -2.80. The third-order valence-electron chi connectivity index (χ3n) is 4.65. The van der Waals surface area contributed by atoms with Crippen LogP contribution in [0.5, 0.6) is 0 Å². The lowest BCUT2D eigenvalue weighted by atomic mass is 9.77. The second-order valence-corrected chi connectivity index (χ2v) is 7.44. The average Bonchev–Trinajstić information content (AvgIpc) is 2.61. The van der Waals surface area contributed by atoms with Crippen molar-refractivity contribution in [1.29, 1.82) is 0 Å². The molecule has 0 spiro atoms. The number of carbonyl (C=O) groups excluding carboxylic acids is 1. The molecule has 4 nitrogen and oxygen atoms in total. The molecule has 3 N–H and O–H groups in total. The summed E-state index contributed by atoms with van der Waals surface area (Å²) in [7, 11) is 0. The molecule has 3 rings (SSSR count). The lowest BCUT2D eigenvalue weighted by Crippen LogP contribution is -2.72. The van der Waals surface area contributed by atoms with Crippen LogP contribution in [0.25, 0.3) is 0 Å². The number of alkyl halides is 3. The first-order valence-corrected chi connectivity index (χ1v) is 9.05. The molecule has 9 heteroatoms. The van der Waals surface area contributed by atoms with Crippen LogP contribution in [0.3, 0.4) is 0 Å². The van der Waals surface area contributed by atoms with Gasteiger partial charge < -0.3 is 15.7 Å². The number of benzene rings is 2. The Bertz CT molecular complexity index is 903. The highest BCUT2D eigenvalue weighted by Crippen LogP contribution is 2.44. The Morgan fingerprint density at radius 3 is 2.25 bits per heavy atom. The predicted molar refractivity (Wildman–Crippen MR) is 103 cm³/mol. The molecule has 0 saturated carbocycles. The molecule has 2 aromatic rings. The molecule has 0 unspecified atom stereocenters. The molecule has 1 heterocycles. The van der Waals surface area contributed by atoms with Gasteiger partial charge in [0.1, 0.15) is 5.92 Å². The van der Waals surface area contributed by atoms with Crippen LogP contribution in [0.4, 0.5) is 13.2 Å². The largest absolute Gasteiger partial charge is 0.437 e. The summed E-state index contributed by atoms with van der Waals surface area (Å²) in [5.41, 5.74) is -2.31. The Hall–Kier alpha value is -2.16. The van der Waals surface area contributed by atoms with Gasteiger partial charge in [-0.2, -0.15) is 13.2 Å². The standard InChI is InChI=1S/C19H16ClF3N2O2S/c1-10-2-4-12(5-3-10)16(26)14-15(11-6-8-13(20)9-7-11)24-17(28)25-18(14,27)19(21,22)23/h2-9,14-15,27H,1H3,(H2,24,25,28)/t14-,15-,18+/m0/s1. The fourth-order valence-corrected chi connectivity index (χ4v) is 3.59. The van der Waals surface area contributed by atoms with Gasteiger partial charge in [0.05, 0.1) is 6.04 Å². The summed E-state index contributed by atoms with van der Waals surface area (Å²) >= 11 is 10.7. The van der Waals surface area contributed by atoms with Crippen LogP contribution in [0.15, 0.2) is 48.5 Å². The highest BCUT2D eigenvalue weighted by atomic mass is 35.5. The number of aliphatic hydroxyl groups is 1. The predicted octanol–water partition coefficient (Wildman–Crippen LogP) is 3.92. The third kappa shape index (κ3) is 3.72. The summed E-state index contributed by atoms with van der Waals surface area (Å²) in [6.07, 6.45) is -5.16. The second kappa shape index (κ2) is 7.35. The molecule has 2 aromatic carbocycles. The monoisotopic (exact) mass is 428 g/mol. The minimum Gasteiger partial charge on any atom is -0.363 e. The Labute approximate surface area is 169 Å². The lowest BCUT2D eigenvalue weighted by molar-refractivity contribution is -0.285. The van der Waals surface area contributed by atoms with Crippen molar-refractivity contribution >= 4 is 34.7 Å². The van der Waals surface area contributed by atoms with Crippen molar-refractivity contribution in [2.75, 3.05) is 0 Å². The zero-order chi connectivity index (χ0) is 20.7. The van der Waals surface area contributed by atoms with Crippen molar-refractivity contribution in [2.45, 2.75) is 24.9 Å². The van der Waals surface area contributed by atoms with Crippen LogP contribution < -0.4 is 10.6 Å². The highest BCUT2D eigenvalue weighted by Gasteiger charge is 2.65. The molecule has 148 valence electrons. The van der Waals surface area contributed by atoms with E-state index in [2.05, 4.69) is 5.32 Å². The van der Waals surface area contributed by atoms with E-state index in [4.69, 9.17) is 23.8 Å². The summed E-state index contributed by atoms with van der Waals surface area (Å²) in [4.78, 5) is 13.1. The number of ketones is 1. The van der Waals surface area contributed by atoms with Gasteiger partial charge in [0, 0.05) is 10.6 Å². The molecular formula is C19H16ClF3N2O2S. The minimum atomic E-state index is -5.16. The van der Waals surface area contributed by atoms with Crippen LogP contribution in [0.1, 0.15) is 27.5 Å². The first kappa shape index (κ1) is 20.6. The average molecular weight is 429 g/mol. The van der Waals surface area contributed by atoms with Crippen LogP contribution in [-0.2, 0) is 0 Å². The molecule has 1 aliphatic heterocycles. The Kier molecular flexibility index (Phi) is 5.40. The van der Waals surface area contributed by atoms with Crippen molar-refractivity contribution in [1.82, 2.24) is 10.6 Å². The van der Waals surface area contributed by atoms with E-state index in [0.717, 1.165) is 5.56 Å². The molecule has 0 radical (unpaired) electrons. The van der Waals surface area contributed by atoms with E-state index in [1.54, 1.807) is 19.1 Å². The SMILES string of the molecule is Cc1ccc(C(=O)[C@@H]2[C@H](c3ccc(Cl)cc3)NC(=S)N[C@]2(O)C(F)(F)F)cc1. The fraction of sp³-hybridized carbons (Fsp3) is 0.263.